The molecule has 1 aromatic rings. The summed E-state index contributed by atoms with van der Waals surface area (Å²) >= 11 is 0. The molecule has 4 N–H and O–H groups in total. The highest BCUT2D eigenvalue weighted by Crippen LogP contribution is 2.32. The Morgan fingerprint density at radius 1 is 1.21 bits per heavy atom. The van der Waals surface area contributed by atoms with E-state index in [1.54, 1.807) is 6.07 Å². The lowest BCUT2D eigenvalue weighted by atomic mass is 9.83. The predicted molar refractivity (Wildman–Crippen MR) is 95.7 cm³/mol. The van der Waals surface area contributed by atoms with Crippen molar-refractivity contribution < 1.29 is 9.59 Å². The second-order valence-corrected chi connectivity index (χ2v) is 7.90. The standard InChI is InChI=1S/C19H29N3O2/c1-12-5-6-14(17(21)23)15(11-12)13-7-9-22(10-8-13)18(24)16(20)19(2,3)4/h5-6,11,13,16H,7-10,20H2,1-4H3,(H2,21,23)/t16-/m1/s1. The summed E-state index contributed by atoms with van der Waals surface area (Å²) in [6.45, 7) is 9.28. The van der Waals surface area contributed by atoms with Gasteiger partial charge in [-0.15, -0.1) is 0 Å². The van der Waals surface area contributed by atoms with Crippen molar-refractivity contribution >= 4 is 11.8 Å². The Morgan fingerprint density at radius 3 is 2.29 bits per heavy atom. The molecule has 0 aromatic heterocycles. The molecule has 24 heavy (non-hydrogen) atoms. The van der Waals surface area contributed by atoms with E-state index in [2.05, 4.69) is 0 Å². The molecule has 2 rings (SSSR count). The van der Waals surface area contributed by atoms with E-state index in [0.717, 1.165) is 24.0 Å². The number of hydrogen-bond acceptors (Lipinski definition) is 3. The number of primary amides is 1. The van der Waals surface area contributed by atoms with Gasteiger partial charge >= 0.3 is 0 Å². The zero-order valence-electron chi connectivity index (χ0n) is 15.1. The second-order valence-electron chi connectivity index (χ2n) is 7.90. The Bertz CT molecular complexity index is 626. The minimum atomic E-state index is -0.491. The molecule has 1 aliphatic rings. The molecule has 1 aliphatic heterocycles. The average molecular weight is 331 g/mol. The van der Waals surface area contributed by atoms with Crippen molar-refractivity contribution in [1.82, 2.24) is 4.90 Å². The van der Waals surface area contributed by atoms with E-state index in [1.807, 2.05) is 44.7 Å². The van der Waals surface area contributed by atoms with Gasteiger partial charge in [0.1, 0.15) is 0 Å². The molecule has 0 unspecified atom stereocenters. The molecule has 1 heterocycles. The van der Waals surface area contributed by atoms with Crippen molar-refractivity contribution in [2.24, 2.45) is 16.9 Å². The third-order valence-electron chi connectivity index (χ3n) is 4.92. The lowest BCUT2D eigenvalue weighted by Gasteiger charge is -2.37. The summed E-state index contributed by atoms with van der Waals surface area (Å²) < 4.78 is 0. The maximum atomic E-state index is 12.5. The van der Waals surface area contributed by atoms with Crippen LogP contribution in [0.3, 0.4) is 0 Å². The first-order chi connectivity index (χ1) is 11.1. The Labute approximate surface area is 144 Å². The van der Waals surface area contributed by atoms with E-state index in [-0.39, 0.29) is 17.2 Å². The Hall–Kier alpha value is -1.88. The number of carbonyl (C=O) groups is 2. The number of nitrogens with two attached hydrogens (primary N) is 2. The smallest absolute Gasteiger partial charge is 0.248 e. The van der Waals surface area contributed by atoms with E-state index in [4.69, 9.17) is 11.5 Å². The third-order valence-corrected chi connectivity index (χ3v) is 4.92. The maximum Gasteiger partial charge on any atom is 0.248 e. The van der Waals surface area contributed by atoms with Crippen LogP contribution in [0.25, 0.3) is 0 Å². The number of benzene rings is 1. The molecule has 132 valence electrons. The lowest BCUT2D eigenvalue weighted by molar-refractivity contribution is -0.136. The van der Waals surface area contributed by atoms with Crippen LogP contribution < -0.4 is 11.5 Å². The first kappa shape index (κ1) is 18.5. The topological polar surface area (TPSA) is 89.4 Å². The number of carbonyl (C=O) groups excluding carboxylic acids is 2. The summed E-state index contributed by atoms with van der Waals surface area (Å²) in [6, 6.07) is 5.27. The first-order valence-electron chi connectivity index (χ1n) is 8.56. The monoisotopic (exact) mass is 331 g/mol. The van der Waals surface area contributed by atoms with Crippen molar-refractivity contribution in [2.75, 3.05) is 13.1 Å². The van der Waals surface area contributed by atoms with Crippen LogP contribution >= 0.6 is 0 Å². The fourth-order valence-electron chi connectivity index (χ4n) is 3.22. The van der Waals surface area contributed by atoms with E-state index >= 15 is 0 Å². The van der Waals surface area contributed by atoms with Gasteiger partial charge in [-0.3, -0.25) is 9.59 Å². The summed E-state index contributed by atoms with van der Waals surface area (Å²) in [5, 5.41) is 0. The predicted octanol–water partition coefficient (Wildman–Crippen LogP) is 2.17. The molecule has 0 radical (unpaired) electrons. The SMILES string of the molecule is Cc1ccc(C(N)=O)c(C2CCN(C(=O)[C@@H](N)C(C)(C)C)CC2)c1. The van der Waals surface area contributed by atoms with Crippen molar-refractivity contribution in [3.63, 3.8) is 0 Å². The highest BCUT2D eigenvalue weighted by molar-refractivity contribution is 5.94. The molecular weight excluding hydrogens is 302 g/mol. The van der Waals surface area contributed by atoms with Crippen molar-refractivity contribution in [3.05, 3.63) is 34.9 Å². The van der Waals surface area contributed by atoms with E-state index < -0.39 is 11.9 Å². The zero-order valence-corrected chi connectivity index (χ0v) is 15.1. The molecule has 1 saturated heterocycles. The zero-order chi connectivity index (χ0) is 18.1. The van der Waals surface area contributed by atoms with Crippen molar-refractivity contribution in [2.45, 2.75) is 52.5 Å². The van der Waals surface area contributed by atoms with Gasteiger partial charge in [0, 0.05) is 18.7 Å². The Morgan fingerprint density at radius 2 is 1.79 bits per heavy atom. The number of hydrogen-bond donors (Lipinski definition) is 2. The quantitative estimate of drug-likeness (QED) is 0.889. The Kier molecular flexibility index (Phi) is 5.33. The fourth-order valence-corrected chi connectivity index (χ4v) is 3.22. The van der Waals surface area contributed by atoms with Crippen LogP contribution in [-0.2, 0) is 4.79 Å². The van der Waals surface area contributed by atoms with Crippen LogP contribution in [0.5, 0.6) is 0 Å². The number of rotatable bonds is 3. The number of amides is 2. The molecule has 2 amide bonds. The fraction of sp³-hybridized carbons (Fsp3) is 0.579. The summed E-state index contributed by atoms with van der Waals surface area (Å²) in [5.74, 6) is -0.124. The molecule has 0 saturated carbocycles. The third kappa shape index (κ3) is 3.96. The lowest BCUT2D eigenvalue weighted by Crippen LogP contribution is -2.52. The molecule has 5 nitrogen and oxygen atoms in total. The largest absolute Gasteiger partial charge is 0.366 e. The number of aryl methyl sites for hydroxylation is 1. The van der Waals surface area contributed by atoms with Crippen molar-refractivity contribution in [3.8, 4) is 0 Å². The van der Waals surface area contributed by atoms with Gasteiger partial charge in [0.05, 0.1) is 6.04 Å². The number of likely N-dealkylation sites (tertiary alicyclic amines) is 1. The van der Waals surface area contributed by atoms with Gasteiger partial charge in [-0.25, -0.2) is 0 Å². The van der Waals surface area contributed by atoms with Gasteiger partial charge in [-0.2, -0.15) is 0 Å². The second kappa shape index (κ2) is 6.93. The summed E-state index contributed by atoms with van der Waals surface area (Å²) in [5.41, 5.74) is 14.1. The highest BCUT2D eigenvalue weighted by Gasteiger charge is 2.33. The molecule has 0 aliphatic carbocycles. The highest BCUT2D eigenvalue weighted by atomic mass is 16.2. The molecule has 1 aromatic carbocycles. The van der Waals surface area contributed by atoms with Gasteiger partial charge in [-0.1, -0.05) is 38.5 Å². The number of piperidine rings is 1. The first-order valence-corrected chi connectivity index (χ1v) is 8.56. The van der Waals surface area contributed by atoms with Gasteiger partial charge in [0.25, 0.3) is 0 Å². The minimum absolute atomic E-state index is 0.0142. The van der Waals surface area contributed by atoms with Gasteiger partial charge in [0.2, 0.25) is 11.8 Å². The Balaban J connectivity index is 2.10. The minimum Gasteiger partial charge on any atom is -0.366 e. The molecule has 1 atom stereocenters. The van der Waals surface area contributed by atoms with Crippen molar-refractivity contribution in [1.29, 1.82) is 0 Å². The molecule has 5 heteroatoms. The summed E-state index contributed by atoms with van der Waals surface area (Å²) in [4.78, 5) is 26.1. The van der Waals surface area contributed by atoms with Crippen LogP contribution in [0.1, 0.15) is 61.0 Å². The maximum absolute atomic E-state index is 12.5. The molecule has 0 spiro atoms. The van der Waals surface area contributed by atoms with Crippen LogP contribution in [0.15, 0.2) is 18.2 Å². The van der Waals surface area contributed by atoms with Crippen LogP contribution in [0.2, 0.25) is 0 Å². The van der Waals surface area contributed by atoms with E-state index in [9.17, 15) is 9.59 Å². The van der Waals surface area contributed by atoms with Gasteiger partial charge in [0.15, 0.2) is 0 Å². The molecular formula is C19H29N3O2. The van der Waals surface area contributed by atoms with Gasteiger partial charge < -0.3 is 16.4 Å². The molecule has 0 bridgehead atoms. The number of nitrogens with zero attached hydrogens (tertiary/aromatic N) is 1. The van der Waals surface area contributed by atoms with Crippen LogP contribution in [0, 0.1) is 12.3 Å². The molecule has 1 fully saturated rings. The van der Waals surface area contributed by atoms with Gasteiger partial charge in [-0.05, 0) is 42.7 Å². The van der Waals surface area contributed by atoms with Crippen LogP contribution in [0.4, 0.5) is 0 Å². The van der Waals surface area contributed by atoms with E-state index in [0.29, 0.717) is 18.7 Å². The summed E-state index contributed by atoms with van der Waals surface area (Å²) in [7, 11) is 0. The van der Waals surface area contributed by atoms with E-state index in [1.165, 1.54) is 0 Å². The average Bonchev–Trinajstić information content (AvgIpc) is 2.52. The normalized spacial score (nSPS) is 17.6. The van der Waals surface area contributed by atoms with Crippen LogP contribution in [-0.4, -0.2) is 35.8 Å². The summed E-state index contributed by atoms with van der Waals surface area (Å²) in [6.07, 6.45) is 1.65.